The predicted molar refractivity (Wildman–Crippen MR) is 49.3 cm³/mol. The molecule has 14 heavy (non-hydrogen) atoms. The van der Waals surface area contributed by atoms with E-state index in [-0.39, 0.29) is 18.3 Å². The summed E-state index contributed by atoms with van der Waals surface area (Å²) in [6.45, 7) is 1.94. The second-order valence-corrected chi connectivity index (χ2v) is 3.85. The van der Waals surface area contributed by atoms with Crippen molar-refractivity contribution in [3.8, 4) is 0 Å². The Balaban J connectivity index is 2.80. The van der Waals surface area contributed by atoms with Gasteiger partial charge in [0.2, 0.25) is 6.16 Å². The summed E-state index contributed by atoms with van der Waals surface area (Å²) in [6.07, 6.45) is -0.221. The lowest BCUT2D eigenvalue weighted by Crippen LogP contribution is -1.93. The molecule has 0 heterocycles. The lowest BCUT2D eigenvalue weighted by atomic mass is 10.2. The molecule has 0 aliphatic carbocycles. The van der Waals surface area contributed by atoms with E-state index in [2.05, 4.69) is 0 Å². The van der Waals surface area contributed by atoms with E-state index in [1.807, 2.05) is 0 Å². The van der Waals surface area contributed by atoms with Crippen LogP contribution in [0.3, 0.4) is 0 Å². The van der Waals surface area contributed by atoms with Gasteiger partial charge in [0.25, 0.3) is 0 Å². The van der Waals surface area contributed by atoms with Crippen molar-refractivity contribution in [1.29, 1.82) is 0 Å². The van der Waals surface area contributed by atoms with Crippen LogP contribution >= 0.6 is 8.03 Å². The monoisotopic (exact) mass is 219 g/mol. The molecule has 1 aromatic carbocycles. The van der Waals surface area contributed by atoms with Gasteiger partial charge < -0.3 is 0 Å². The summed E-state index contributed by atoms with van der Waals surface area (Å²) in [6, 6.07) is 3.53. The van der Waals surface area contributed by atoms with Gasteiger partial charge in [-0.1, -0.05) is 6.07 Å². The van der Waals surface area contributed by atoms with Crippen molar-refractivity contribution in [2.24, 2.45) is 0 Å². The minimum absolute atomic E-state index is 0.179. The maximum absolute atomic E-state index is 13.0. The first-order valence-electron chi connectivity index (χ1n) is 4.15. The maximum Gasteiger partial charge on any atom is 0.513 e. The molecule has 0 saturated carbocycles. The van der Waals surface area contributed by atoms with Gasteiger partial charge >= 0.3 is 8.03 Å². The molecule has 0 spiro atoms. The second kappa shape index (κ2) is 5.13. The molecule has 0 aromatic heterocycles. The van der Waals surface area contributed by atoms with Crippen molar-refractivity contribution in [1.82, 2.24) is 0 Å². The highest BCUT2D eigenvalue weighted by atomic mass is 31.1. The Kier molecular flexibility index (Phi) is 4.11. The molecule has 0 fully saturated rings. The number of hydrogen-bond acceptors (Lipinski definition) is 2. The number of rotatable bonds is 4. The van der Waals surface area contributed by atoms with Crippen molar-refractivity contribution in [3.05, 3.63) is 35.4 Å². The van der Waals surface area contributed by atoms with Crippen LogP contribution in [0, 0.1) is 11.6 Å². The van der Waals surface area contributed by atoms with Gasteiger partial charge in [-0.3, -0.25) is 0 Å². The van der Waals surface area contributed by atoms with Crippen LogP contribution in [-0.4, -0.2) is 6.61 Å². The highest BCUT2D eigenvalue weighted by Gasteiger charge is 2.22. The Morgan fingerprint density at radius 1 is 1.36 bits per heavy atom. The lowest BCUT2D eigenvalue weighted by Gasteiger charge is -1.96. The van der Waals surface area contributed by atoms with Crippen LogP contribution in [0.25, 0.3) is 0 Å². The molecule has 1 atom stereocenters. The maximum atomic E-state index is 13.0. The van der Waals surface area contributed by atoms with Gasteiger partial charge in [0, 0.05) is 0 Å². The van der Waals surface area contributed by atoms with Gasteiger partial charge in [-0.25, -0.2) is 8.78 Å². The fourth-order valence-electron chi connectivity index (χ4n) is 1.00. The molecule has 0 aliphatic rings. The largest absolute Gasteiger partial charge is 0.513 e. The van der Waals surface area contributed by atoms with E-state index in [0.717, 1.165) is 12.1 Å². The van der Waals surface area contributed by atoms with Gasteiger partial charge in [-0.2, -0.15) is 0 Å². The topological polar surface area (TPSA) is 26.3 Å². The third kappa shape index (κ3) is 2.82. The third-order valence-corrected chi connectivity index (χ3v) is 2.74. The van der Waals surface area contributed by atoms with Crippen LogP contribution in [0.15, 0.2) is 18.2 Å². The van der Waals surface area contributed by atoms with Gasteiger partial charge in [-0.15, -0.1) is 4.52 Å². The molecule has 2 nitrogen and oxygen atoms in total. The standard InChI is InChI=1S/C9H10F2O2P/c1-2-13-14(12)6-7-8(10)4-3-5-9(7)11/h3-5H,2,6H2,1H3/q+1. The molecule has 1 unspecified atom stereocenters. The van der Waals surface area contributed by atoms with E-state index >= 15 is 0 Å². The molecule has 5 heteroatoms. The normalized spacial score (nSPS) is 11.5. The first-order valence-corrected chi connectivity index (χ1v) is 5.52. The summed E-state index contributed by atoms with van der Waals surface area (Å²) in [7, 11) is -2.02. The molecule has 0 N–H and O–H groups in total. The molecule has 0 bridgehead atoms. The minimum atomic E-state index is -2.02. The number of benzene rings is 1. The first kappa shape index (κ1) is 11.2. The highest BCUT2D eigenvalue weighted by Crippen LogP contribution is 2.30. The molecular formula is C9H10F2O2P+. The van der Waals surface area contributed by atoms with Crippen molar-refractivity contribution in [2.75, 3.05) is 6.61 Å². The van der Waals surface area contributed by atoms with Crippen LogP contribution in [0.4, 0.5) is 8.78 Å². The van der Waals surface area contributed by atoms with E-state index in [0.29, 0.717) is 0 Å². The zero-order chi connectivity index (χ0) is 10.6. The van der Waals surface area contributed by atoms with Crippen LogP contribution in [0.5, 0.6) is 0 Å². The van der Waals surface area contributed by atoms with Crippen molar-refractivity contribution in [2.45, 2.75) is 13.1 Å². The number of hydrogen-bond donors (Lipinski definition) is 0. The summed E-state index contributed by atoms with van der Waals surface area (Å²) in [5, 5.41) is 0. The van der Waals surface area contributed by atoms with E-state index in [9.17, 15) is 13.3 Å². The first-order chi connectivity index (χ1) is 6.65. The van der Waals surface area contributed by atoms with Crippen LogP contribution < -0.4 is 0 Å². The molecule has 1 aromatic rings. The summed E-state index contributed by atoms with van der Waals surface area (Å²) in [4.78, 5) is 0. The summed E-state index contributed by atoms with van der Waals surface area (Å²) < 4.78 is 41.9. The Labute approximate surface area is 81.8 Å². The Bertz CT molecular complexity index is 321. The Morgan fingerprint density at radius 3 is 2.43 bits per heavy atom. The van der Waals surface area contributed by atoms with Crippen LogP contribution in [0.2, 0.25) is 0 Å². The Hall–Kier alpha value is -0.860. The summed E-state index contributed by atoms with van der Waals surface area (Å²) in [5.41, 5.74) is -0.179. The molecule has 0 saturated heterocycles. The molecule has 76 valence electrons. The third-order valence-electron chi connectivity index (χ3n) is 1.62. The molecule has 0 radical (unpaired) electrons. The quantitative estimate of drug-likeness (QED) is 0.726. The zero-order valence-corrected chi connectivity index (χ0v) is 8.56. The molecule has 0 aliphatic heterocycles. The van der Waals surface area contributed by atoms with Gasteiger partial charge in [0.05, 0.1) is 12.2 Å². The van der Waals surface area contributed by atoms with Crippen molar-refractivity contribution < 1.29 is 17.9 Å². The van der Waals surface area contributed by atoms with E-state index in [1.165, 1.54) is 6.07 Å². The van der Waals surface area contributed by atoms with Gasteiger partial charge in [0.15, 0.2) is 0 Å². The van der Waals surface area contributed by atoms with Crippen molar-refractivity contribution >= 4 is 8.03 Å². The SMILES string of the molecule is CCO[P+](=O)Cc1c(F)cccc1F. The molecule has 0 amide bonds. The van der Waals surface area contributed by atoms with Crippen molar-refractivity contribution in [3.63, 3.8) is 0 Å². The number of halogens is 2. The summed E-state index contributed by atoms with van der Waals surface area (Å²) >= 11 is 0. The highest BCUT2D eigenvalue weighted by molar-refractivity contribution is 7.38. The van der Waals surface area contributed by atoms with Gasteiger partial charge in [-0.05, 0) is 23.6 Å². The van der Waals surface area contributed by atoms with Gasteiger partial charge in [0.1, 0.15) is 11.6 Å². The lowest BCUT2D eigenvalue weighted by molar-refractivity contribution is 0.349. The van der Waals surface area contributed by atoms with Crippen LogP contribution in [0.1, 0.15) is 12.5 Å². The predicted octanol–water partition coefficient (Wildman–Crippen LogP) is 3.24. The zero-order valence-electron chi connectivity index (χ0n) is 7.67. The summed E-state index contributed by atoms with van der Waals surface area (Å²) in [5.74, 6) is -1.37. The van der Waals surface area contributed by atoms with E-state index in [4.69, 9.17) is 4.52 Å². The minimum Gasteiger partial charge on any atom is -0.206 e. The fourth-order valence-corrected chi connectivity index (χ4v) is 1.94. The average molecular weight is 219 g/mol. The molecule has 1 rings (SSSR count). The fraction of sp³-hybridized carbons (Fsp3) is 0.333. The average Bonchev–Trinajstić information content (AvgIpc) is 2.12. The Morgan fingerprint density at radius 2 is 1.93 bits per heavy atom. The van der Waals surface area contributed by atoms with E-state index in [1.54, 1.807) is 6.92 Å². The van der Waals surface area contributed by atoms with E-state index < -0.39 is 19.7 Å². The smallest absolute Gasteiger partial charge is 0.206 e. The van der Waals surface area contributed by atoms with Crippen LogP contribution in [-0.2, 0) is 15.3 Å². The molecular weight excluding hydrogens is 209 g/mol. The second-order valence-electron chi connectivity index (χ2n) is 2.61.